The first-order valence-electron chi connectivity index (χ1n) is 4.51. The normalized spacial score (nSPS) is 11.3. The molecule has 0 atom stereocenters. The molecule has 0 saturated carbocycles. The fraction of sp³-hybridized carbons (Fsp3) is 0.800. The number of esters is 1. The molecule has 0 rings (SSSR count). The minimum atomic E-state index is -0.386. The maximum atomic E-state index is 11.2. The fourth-order valence-corrected chi connectivity index (χ4v) is 0.599. The first kappa shape index (κ1) is 11.5. The Labute approximate surface area is 75.3 Å². The van der Waals surface area contributed by atoms with E-state index in [-0.39, 0.29) is 11.4 Å². The summed E-state index contributed by atoms with van der Waals surface area (Å²) in [5, 5.41) is 0. The van der Waals surface area contributed by atoms with Gasteiger partial charge >= 0.3 is 5.97 Å². The molecule has 0 heterocycles. The SMILES string of the molecule is CCCC[CH]OC(=O)C(C)(C)C. The van der Waals surface area contributed by atoms with Gasteiger partial charge in [0.15, 0.2) is 0 Å². The molecule has 2 heteroatoms. The lowest BCUT2D eigenvalue weighted by Gasteiger charge is -2.15. The molecular weight excluding hydrogens is 152 g/mol. The van der Waals surface area contributed by atoms with Crippen LogP contribution >= 0.6 is 0 Å². The van der Waals surface area contributed by atoms with Gasteiger partial charge in [0.2, 0.25) is 0 Å². The van der Waals surface area contributed by atoms with E-state index in [2.05, 4.69) is 6.92 Å². The Morgan fingerprint density at radius 3 is 2.42 bits per heavy atom. The van der Waals surface area contributed by atoms with Gasteiger partial charge in [-0.2, -0.15) is 0 Å². The van der Waals surface area contributed by atoms with E-state index >= 15 is 0 Å². The summed E-state index contributed by atoms with van der Waals surface area (Å²) >= 11 is 0. The molecule has 2 nitrogen and oxygen atoms in total. The number of carbonyl (C=O) groups excluding carboxylic acids is 1. The molecule has 0 aliphatic heterocycles. The highest BCUT2D eigenvalue weighted by Gasteiger charge is 2.22. The second kappa shape index (κ2) is 5.18. The summed E-state index contributed by atoms with van der Waals surface area (Å²) in [6, 6.07) is 0. The van der Waals surface area contributed by atoms with E-state index in [4.69, 9.17) is 4.74 Å². The Hall–Kier alpha value is -0.530. The molecule has 0 unspecified atom stereocenters. The van der Waals surface area contributed by atoms with Crippen LogP contribution in [0.5, 0.6) is 0 Å². The number of rotatable bonds is 4. The first-order chi connectivity index (χ1) is 5.48. The molecule has 0 spiro atoms. The standard InChI is InChI=1S/C10H19O2/c1-5-6-7-8-12-9(11)10(2,3)4/h8H,5-7H2,1-4H3. The van der Waals surface area contributed by atoms with Crippen LogP contribution in [0.2, 0.25) is 0 Å². The second-order valence-electron chi connectivity index (χ2n) is 3.96. The molecule has 0 aliphatic carbocycles. The van der Waals surface area contributed by atoms with Crippen molar-refractivity contribution in [2.45, 2.75) is 47.0 Å². The number of hydrogen-bond donors (Lipinski definition) is 0. The third-order valence-electron chi connectivity index (χ3n) is 1.48. The van der Waals surface area contributed by atoms with Crippen molar-refractivity contribution in [3.63, 3.8) is 0 Å². The number of ether oxygens (including phenoxy) is 1. The fourth-order valence-electron chi connectivity index (χ4n) is 0.599. The van der Waals surface area contributed by atoms with Gasteiger partial charge in [0, 0.05) is 0 Å². The number of unbranched alkanes of at least 4 members (excludes halogenated alkanes) is 2. The highest BCUT2D eigenvalue weighted by molar-refractivity contribution is 5.75. The van der Waals surface area contributed by atoms with E-state index in [1.807, 2.05) is 20.8 Å². The van der Waals surface area contributed by atoms with E-state index in [1.165, 1.54) is 0 Å². The summed E-state index contributed by atoms with van der Waals surface area (Å²) in [7, 11) is 0. The van der Waals surface area contributed by atoms with Crippen LogP contribution in [0, 0.1) is 12.0 Å². The van der Waals surface area contributed by atoms with Gasteiger partial charge in [0.1, 0.15) is 6.61 Å². The Kier molecular flexibility index (Phi) is 4.95. The largest absolute Gasteiger partial charge is 0.458 e. The lowest BCUT2D eigenvalue weighted by atomic mass is 9.97. The van der Waals surface area contributed by atoms with E-state index < -0.39 is 0 Å². The topological polar surface area (TPSA) is 26.3 Å². The van der Waals surface area contributed by atoms with Gasteiger partial charge in [-0.15, -0.1) is 0 Å². The third kappa shape index (κ3) is 5.16. The molecular formula is C10H19O2. The summed E-state index contributed by atoms with van der Waals surface area (Å²) in [5.74, 6) is -0.154. The van der Waals surface area contributed by atoms with Crippen molar-refractivity contribution in [2.24, 2.45) is 5.41 Å². The van der Waals surface area contributed by atoms with Gasteiger partial charge in [-0.05, 0) is 33.6 Å². The predicted octanol–water partition coefficient (Wildman–Crippen LogP) is 2.93. The maximum Gasteiger partial charge on any atom is 0.311 e. The van der Waals surface area contributed by atoms with Crippen LogP contribution in [0.3, 0.4) is 0 Å². The monoisotopic (exact) mass is 171 g/mol. The molecule has 0 N–H and O–H groups in total. The summed E-state index contributed by atoms with van der Waals surface area (Å²) in [6.45, 7) is 9.27. The van der Waals surface area contributed by atoms with Crippen molar-refractivity contribution in [1.82, 2.24) is 0 Å². The van der Waals surface area contributed by atoms with Crippen LogP contribution in [-0.4, -0.2) is 5.97 Å². The van der Waals surface area contributed by atoms with Crippen molar-refractivity contribution in [3.05, 3.63) is 6.61 Å². The second-order valence-corrected chi connectivity index (χ2v) is 3.96. The van der Waals surface area contributed by atoms with Crippen molar-refractivity contribution < 1.29 is 9.53 Å². The average molecular weight is 171 g/mol. The lowest BCUT2D eigenvalue weighted by molar-refractivity contribution is -0.149. The van der Waals surface area contributed by atoms with Crippen LogP contribution in [-0.2, 0) is 9.53 Å². The molecule has 1 radical (unpaired) electrons. The quantitative estimate of drug-likeness (QED) is 0.480. The molecule has 71 valence electrons. The molecule has 0 bridgehead atoms. The Morgan fingerprint density at radius 1 is 1.42 bits per heavy atom. The summed E-state index contributed by atoms with van der Waals surface area (Å²) < 4.78 is 4.94. The van der Waals surface area contributed by atoms with E-state index in [9.17, 15) is 4.79 Å². The zero-order chi connectivity index (χ0) is 9.61. The van der Waals surface area contributed by atoms with Gasteiger partial charge in [0.05, 0.1) is 5.41 Å². The van der Waals surface area contributed by atoms with E-state index in [0.717, 1.165) is 19.3 Å². The highest BCUT2D eigenvalue weighted by atomic mass is 16.5. The van der Waals surface area contributed by atoms with Crippen LogP contribution in [0.1, 0.15) is 47.0 Å². The molecule has 0 aromatic rings. The first-order valence-corrected chi connectivity index (χ1v) is 4.51. The Bertz CT molecular complexity index is 133. The third-order valence-corrected chi connectivity index (χ3v) is 1.48. The molecule has 0 aromatic heterocycles. The summed E-state index contributed by atoms with van der Waals surface area (Å²) in [5.41, 5.74) is -0.386. The molecule has 12 heavy (non-hydrogen) atoms. The van der Waals surface area contributed by atoms with Gasteiger partial charge in [-0.3, -0.25) is 4.79 Å². The van der Waals surface area contributed by atoms with Crippen LogP contribution in [0.15, 0.2) is 0 Å². The number of hydrogen-bond acceptors (Lipinski definition) is 2. The number of carbonyl (C=O) groups is 1. The predicted molar refractivity (Wildman–Crippen MR) is 49.4 cm³/mol. The maximum absolute atomic E-state index is 11.2. The highest BCUT2D eigenvalue weighted by Crippen LogP contribution is 2.16. The minimum absolute atomic E-state index is 0.154. The zero-order valence-electron chi connectivity index (χ0n) is 8.52. The van der Waals surface area contributed by atoms with Crippen molar-refractivity contribution in [3.8, 4) is 0 Å². The van der Waals surface area contributed by atoms with E-state index in [1.54, 1.807) is 6.61 Å². The average Bonchev–Trinajstić information content (AvgIpc) is 1.96. The van der Waals surface area contributed by atoms with Crippen LogP contribution in [0.25, 0.3) is 0 Å². The van der Waals surface area contributed by atoms with E-state index in [0.29, 0.717) is 0 Å². The van der Waals surface area contributed by atoms with Crippen LogP contribution in [0.4, 0.5) is 0 Å². The molecule has 0 aromatic carbocycles. The molecule has 0 fully saturated rings. The van der Waals surface area contributed by atoms with Gasteiger partial charge in [-0.25, -0.2) is 0 Å². The van der Waals surface area contributed by atoms with Crippen molar-refractivity contribution in [1.29, 1.82) is 0 Å². The van der Waals surface area contributed by atoms with Crippen molar-refractivity contribution >= 4 is 5.97 Å². The zero-order valence-corrected chi connectivity index (χ0v) is 8.52. The smallest absolute Gasteiger partial charge is 0.311 e. The summed E-state index contributed by atoms with van der Waals surface area (Å²) in [6.07, 6.45) is 3.07. The Balaban J connectivity index is 3.45. The van der Waals surface area contributed by atoms with Crippen molar-refractivity contribution in [2.75, 3.05) is 0 Å². The molecule has 0 saturated heterocycles. The van der Waals surface area contributed by atoms with Gasteiger partial charge < -0.3 is 4.74 Å². The van der Waals surface area contributed by atoms with Gasteiger partial charge in [-0.1, -0.05) is 13.3 Å². The lowest BCUT2D eigenvalue weighted by Crippen LogP contribution is -2.21. The molecule has 0 aliphatic rings. The molecule has 0 amide bonds. The van der Waals surface area contributed by atoms with Crippen LogP contribution < -0.4 is 0 Å². The Morgan fingerprint density at radius 2 is 2.00 bits per heavy atom. The summed E-state index contributed by atoms with van der Waals surface area (Å²) in [4.78, 5) is 11.2. The minimum Gasteiger partial charge on any atom is -0.458 e. The van der Waals surface area contributed by atoms with Gasteiger partial charge in [0.25, 0.3) is 0 Å².